The molecule has 0 aromatic rings. The Bertz CT molecular complexity index is 184. The Labute approximate surface area is 78.7 Å². The Morgan fingerprint density at radius 1 is 1.69 bits per heavy atom. The lowest BCUT2D eigenvalue weighted by molar-refractivity contribution is -0.139. The number of nitrogens with two attached hydrogens (primary N) is 1. The fourth-order valence-corrected chi connectivity index (χ4v) is 1.76. The third kappa shape index (κ3) is 2.97. The highest BCUT2D eigenvalue weighted by Gasteiger charge is 2.22. The van der Waals surface area contributed by atoms with Gasteiger partial charge in [0.1, 0.15) is 6.04 Å². The predicted molar refractivity (Wildman–Crippen MR) is 50.5 cm³/mol. The molecule has 1 aliphatic rings. The lowest BCUT2D eigenvalue weighted by Gasteiger charge is -2.34. The van der Waals surface area contributed by atoms with Crippen LogP contribution in [0.3, 0.4) is 0 Å². The van der Waals surface area contributed by atoms with Gasteiger partial charge in [-0.1, -0.05) is 6.42 Å². The number of likely N-dealkylation sites (tertiary alicyclic amines) is 1. The van der Waals surface area contributed by atoms with Gasteiger partial charge in [-0.2, -0.15) is 0 Å². The second-order valence-corrected chi connectivity index (χ2v) is 3.78. The minimum atomic E-state index is -0.905. The SMILES string of the molecule is CC1CCCCN1CC(N)C(=O)O. The molecule has 0 saturated carbocycles. The predicted octanol–water partition coefficient (Wildman–Crippen LogP) is 0.273. The van der Waals surface area contributed by atoms with E-state index in [2.05, 4.69) is 11.8 Å². The van der Waals surface area contributed by atoms with E-state index < -0.39 is 12.0 Å². The lowest BCUT2D eigenvalue weighted by Crippen LogP contribution is -2.47. The number of aliphatic carboxylic acids is 1. The molecule has 2 unspecified atom stereocenters. The minimum absolute atomic E-state index is 0.483. The van der Waals surface area contributed by atoms with E-state index in [-0.39, 0.29) is 0 Å². The molecule has 76 valence electrons. The van der Waals surface area contributed by atoms with Crippen LogP contribution in [0.4, 0.5) is 0 Å². The van der Waals surface area contributed by atoms with Crippen molar-refractivity contribution in [2.24, 2.45) is 5.73 Å². The standard InChI is InChI=1S/C9H18N2O2/c1-7-4-2-3-5-11(7)6-8(10)9(12)13/h7-8H,2-6,10H2,1H3,(H,12,13). The molecule has 0 amide bonds. The molecule has 0 aliphatic carbocycles. The van der Waals surface area contributed by atoms with Gasteiger partial charge >= 0.3 is 5.97 Å². The van der Waals surface area contributed by atoms with E-state index in [9.17, 15) is 4.79 Å². The number of carboxylic acid groups (broad SMARTS) is 1. The molecule has 0 bridgehead atoms. The molecule has 0 aromatic heterocycles. The monoisotopic (exact) mass is 186 g/mol. The molecule has 1 saturated heterocycles. The van der Waals surface area contributed by atoms with Gasteiger partial charge in [-0.3, -0.25) is 9.69 Å². The summed E-state index contributed by atoms with van der Waals surface area (Å²) in [7, 11) is 0. The summed E-state index contributed by atoms with van der Waals surface area (Å²) in [4.78, 5) is 12.7. The Balaban J connectivity index is 2.37. The van der Waals surface area contributed by atoms with Crippen LogP contribution in [0.15, 0.2) is 0 Å². The van der Waals surface area contributed by atoms with Crippen molar-refractivity contribution in [2.75, 3.05) is 13.1 Å². The third-order valence-corrected chi connectivity index (χ3v) is 2.69. The normalized spacial score (nSPS) is 27.1. The van der Waals surface area contributed by atoms with Crippen molar-refractivity contribution in [1.82, 2.24) is 4.90 Å². The first-order valence-corrected chi connectivity index (χ1v) is 4.83. The Hall–Kier alpha value is -0.610. The van der Waals surface area contributed by atoms with Crippen LogP contribution >= 0.6 is 0 Å². The summed E-state index contributed by atoms with van der Waals surface area (Å²) in [6.07, 6.45) is 3.57. The Kier molecular flexibility index (Phi) is 3.69. The second kappa shape index (κ2) is 4.58. The van der Waals surface area contributed by atoms with Crippen LogP contribution in [0.25, 0.3) is 0 Å². The van der Waals surface area contributed by atoms with Crippen LogP contribution in [0.1, 0.15) is 26.2 Å². The van der Waals surface area contributed by atoms with Crippen molar-refractivity contribution >= 4 is 5.97 Å². The number of rotatable bonds is 3. The first kappa shape index (κ1) is 10.5. The molecule has 2 atom stereocenters. The third-order valence-electron chi connectivity index (χ3n) is 2.69. The summed E-state index contributed by atoms with van der Waals surface area (Å²) in [5, 5.41) is 8.65. The summed E-state index contributed by atoms with van der Waals surface area (Å²) >= 11 is 0. The average Bonchev–Trinajstić information content (AvgIpc) is 2.08. The highest BCUT2D eigenvalue weighted by atomic mass is 16.4. The van der Waals surface area contributed by atoms with Crippen LogP contribution < -0.4 is 5.73 Å². The smallest absolute Gasteiger partial charge is 0.321 e. The maximum absolute atomic E-state index is 10.5. The zero-order valence-electron chi connectivity index (χ0n) is 8.07. The summed E-state index contributed by atoms with van der Waals surface area (Å²) in [6.45, 7) is 3.60. The molecule has 13 heavy (non-hydrogen) atoms. The number of hydrogen-bond donors (Lipinski definition) is 2. The zero-order chi connectivity index (χ0) is 9.84. The second-order valence-electron chi connectivity index (χ2n) is 3.78. The van der Waals surface area contributed by atoms with E-state index in [1.807, 2.05) is 0 Å². The fraction of sp³-hybridized carbons (Fsp3) is 0.889. The van der Waals surface area contributed by atoms with E-state index in [1.54, 1.807) is 0 Å². The molecule has 1 fully saturated rings. The van der Waals surface area contributed by atoms with Gasteiger partial charge in [0, 0.05) is 12.6 Å². The van der Waals surface area contributed by atoms with Crippen molar-refractivity contribution in [3.63, 3.8) is 0 Å². The molecule has 0 spiro atoms. The highest BCUT2D eigenvalue weighted by molar-refractivity contribution is 5.73. The van der Waals surface area contributed by atoms with Crippen molar-refractivity contribution in [3.05, 3.63) is 0 Å². The molecule has 0 radical (unpaired) electrons. The largest absolute Gasteiger partial charge is 0.480 e. The quantitative estimate of drug-likeness (QED) is 0.664. The molecule has 4 heteroatoms. The molecule has 1 rings (SSSR count). The first-order valence-electron chi connectivity index (χ1n) is 4.83. The van der Waals surface area contributed by atoms with Gasteiger partial charge in [-0.25, -0.2) is 0 Å². The lowest BCUT2D eigenvalue weighted by atomic mass is 10.0. The zero-order valence-corrected chi connectivity index (χ0v) is 8.07. The van der Waals surface area contributed by atoms with Gasteiger partial charge in [0.05, 0.1) is 0 Å². The minimum Gasteiger partial charge on any atom is -0.480 e. The molecule has 4 nitrogen and oxygen atoms in total. The van der Waals surface area contributed by atoms with Crippen molar-refractivity contribution in [1.29, 1.82) is 0 Å². The molecular formula is C9H18N2O2. The average molecular weight is 186 g/mol. The summed E-state index contributed by atoms with van der Waals surface area (Å²) in [6, 6.07) is -0.250. The van der Waals surface area contributed by atoms with Crippen LogP contribution in [0, 0.1) is 0 Å². The van der Waals surface area contributed by atoms with Crippen LogP contribution in [-0.4, -0.2) is 41.1 Å². The Morgan fingerprint density at radius 3 is 2.92 bits per heavy atom. The van der Waals surface area contributed by atoms with Crippen LogP contribution in [-0.2, 0) is 4.79 Å². The van der Waals surface area contributed by atoms with Gasteiger partial charge in [0.2, 0.25) is 0 Å². The molecule has 0 aromatic carbocycles. The van der Waals surface area contributed by atoms with Gasteiger partial charge in [-0.15, -0.1) is 0 Å². The van der Waals surface area contributed by atoms with Crippen molar-refractivity contribution < 1.29 is 9.90 Å². The van der Waals surface area contributed by atoms with E-state index in [4.69, 9.17) is 10.8 Å². The molecule has 1 aliphatic heterocycles. The van der Waals surface area contributed by atoms with E-state index >= 15 is 0 Å². The van der Waals surface area contributed by atoms with Gasteiger partial charge < -0.3 is 10.8 Å². The fourth-order valence-electron chi connectivity index (χ4n) is 1.76. The number of carbonyl (C=O) groups is 1. The van der Waals surface area contributed by atoms with Gasteiger partial charge in [0.15, 0.2) is 0 Å². The van der Waals surface area contributed by atoms with Crippen LogP contribution in [0.5, 0.6) is 0 Å². The first-order chi connectivity index (χ1) is 6.11. The summed E-state index contributed by atoms with van der Waals surface area (Å²) < 4.78 is 0. The topological polar surface area (TPSA) is 66.6 Å². The maximum atomic E-state index is 10.5. The van der Waals surface area contributed by atoms with Gasteiger partial charge in [-0.05, 0) is 26.3 Å². The highest BCUT2D eigenvalue weighted by Crippen LogP contribution is 2.15. The van der Waals surface area contributed by atoms with E-state index in [0.717, 1.165) is 19.4 Å². The number of carboxylic acids is 1. The maximum Gasteiger partial charge on any atom is 0.321 e. The van der Waals surface area contributed by atoms with Gasteiger partial charge in [0.25, 0.3) is 0 Å². The molecule has 1 heterocycles. The number of piperidine rings is 1. The molecular weight excluding hydrogens is 168 g/mol. The van der Waals surface area contributed by atoms with Crippen molar-refractivity contribution in [2.45, 2.75) is 38.3 Å². The number of nitrogens with zero attached hydrogens (tertiary/aromatic N) is 1. The summed E-state index contributed by atoms with van der Waals surface area (Å²) in [5.41, 5.74) is 5.47. The summed E-state index contributed by atoms with van der Waals surface area (Å²) in [5.74, 6) is -0.905. The molecule has 3 N–H and O–H groups in total. The number of hydrogen-bond acceptors (Lipinski definition) is 3. The van der Waals surface area contributed by atoms with Crippen LogP contribution in [0.2, 0.25) is 0 Å². The Morgan fingerprint density at radius 2 is 2.38 bits per heavy atom. The van der Waals surface area contributed by atoms with E-state index in [1.165, 1.54) is 6.42 Å². The van der Waals surface area contributed by atoms with Crippen molar-refractivity contribution in [3.8, 4) is 0 Å². The van der Waals surface area contributed by atoms with E-state index in [0.29, 0.717) is 12.6 Å².